The third-order valence-electron chi connectivity index (χ3n) is 3.63. The van der Waals surface area contributed by atoms with Crippen LogP contribution in [-0.4, -0.2) is 22.4 Å². The molecule has 0 N–H and O–H groups in total. The number of rotatable bonds is 3. The Hall–Kier alpha value is -1.23. The molecule has 0 amide bonds. The molecule has 0 bridgehead atoms. The van der Waals surface area contributed by atoms with Gasteiger partial charge in [0.15, 0.2) is 5.17 Å². The van der Waals surface area contributed by atoms with Gasteiger partial charge in [-0.05, 0) is 49.2 Å². The third kappa shape index (κ3) is 3.82. The van der Waals surface area contributed by atoms with Gasteiger partial charge >= 0.3 is 0 Å². The number of nitrogens with zero attached hydrogens (tertiary/aromatic N) is 3. The van der Waals surface area contributed by atoms with Crippen LogP contribution in [0.1, 0.15) is 16.7 Å². The summed E-state index contributed by atoms with van der Waals surface area (Å²) >= 11 is 14.2. The Bertz CT molecular complexity index is 761. The highest BCUT2D eigenvalue weighted by Crippen LogP contribution is 2.30. The molecule has 1 aliphatic heterocycles. The molecule has 0 saturated heterocycles. The fourth-order valence-corrected chi connectivity index (χ4v) is 3.82. The normalized spacial score (nSPS) is 14.0. The van der Waals surface area contributed by atoms with E-state index in [0.717, 1.165) is 44.9 Å². The third-order valence-corrected chi connectivity index (χ3v) is 5.20. The summed E-state index contributed by atoms with van der Waals surface area (Å²) in [5, 5.41) is 2.30. The van der Waals surface area contributed by atoms with E-state index in [4.69, 9.17) is 23.2 Å². The molecule has 1 aromatic heterocycles. The molecule has 2 heterocycles. The first-order valence-electron chi connectivity index (χ1n) is 7.36. The molecule has 6 heteroatoms. The highest BCUT2D eigenvalue weighted by molar-refractivity contribution is 8.14. The fraction of sp³-hybridized carbons (Fsp3) is 0.294. The van der Waals surface area contributed by atoms with E-state index in [1.54, 1.807) is 18.0 Å². The van der Waals surface area contributed by atoms with Gasteiger partial charge in [-0.25, -0.2) is 4.98 Å². The Kier molecular flexibility index (Phi) is 5.14. The van der Waals surface area contributed by atoms with Crippen molar-refractivity contribution in [1.29, 1.82) is 0 Å². The quantitative estimate of drug-likeness (QED) is 0.707. The van der Waals surface area contributed by atoms with Crippen molar-refractivity contribution in [3.63, 3.8) is 0 Å². The first kappa shape index (κ1) is 16.6. The largest absolute Gasteiger partial charge is 0.316 e. The lowest BCUT2D eigenvalue weighted by Crippen LogP contribution is -2.28. The Morgan fingerprint density at radius 3 is 2.74 bits per heavy atom. The number of pyridine rings is 1. The van der Waals surface area contributed by atoms with Crippen molar-refractivity contribution in [3.05, 3.63) is 57.3 Å². The number of halogens is 2. The van der Waals surface area contributed by atoms with E-state index in [9.17, 15) is 0 Å². The van der Waals surface area contributed by atoms with Crippen LogP contribution < -0.4 is 4.90 Å². The summed E-state index contributed by atoms with van der Waals surface area (Å²) in [6.45, 7) is 5.57. The Morgan fingerprint density at radius 1 is 1.22 bits per heavy atom. The van der Waals surface area contributed by atoms with Crippen LogP contribution in [0.4, 0.5) is 5.69 Å². The highest BCUT2D eigenvalue weighted by Gasteiger charge is 2.21. The molecule has 1 aliphatic rings. The number of aromatic nitrogens is 1. The summed E-state index contributed by atoms with van der Waals surface area (Å²) in [5.74, 6) is 1.01. The van der Waals surface area contributed by atoms with Gasteiger partial charge in [-0.1, -0.05) is 35.0 Å². The summed E-state index contributed by atoms with van der Waals surface area (Å²) in [5.41, 5.74) is 4.30. The molecule has 0 saturated carbocycles. The van der Waals surface area contributed by atoms with Crippen molar-refractivity contribution >= 4 is 45.8 Å². The molecule has 0 aliphatic carbocycles. The lowest BCUT2D eigenvalue weighted by atomic mass is 10.1. The van der Waals surface area contributed by atoms with Gasteiger partial charge in [0, 0.05) is 28.2 Å². The SMILES string of the molecule is Cc1cnc(Cl)c(CN(C2=NCCS2)c2ccc(Cl)cc2C)c1. The van der Waals surface area contributed by atoms with Crippen LogP contribution in [0.25, 0.3) is 0 Å². The number of hydrogen-bond donors (Lipinski definition) is 0. The molecule has 0 spiro atoms. The summed E-state index contributed by atoms with van der Waals surface area (Å²) < 4.78 is 0. The minimum Gasteiger partial charge on any atom is -0.316 e. The van der Waals surface area contributed by atoms with Gasteiger partial charge in [0.2, 0.25) is 0 Å². The first-order valence-corrected chi connectivity index (χ1v) is 9.10. The van der Waals surface area contributed by atoms with E-state index >= 15 is 0 Å². The maximum Gasteiger partial charge on any atom is 0.164 e. The molecule has 0 atom stereocenters. The van der Waals surface area contributed by atoms with E-state index in [1.165, 1.54) is 0 Å². The van der Waals surface area contributed by atoms with Crippen molar-refractivity contribution in [2.24, 2.45) is 4.99 Å². The predicted molar refractivity (Wildman–Crippen MR) is 101 cm³/mol. The predicted octanol–water partition coefficient (Wildman–Crippen LogP) is 5.11. The Labute approximate surface area is 150 Å². The van der Waals surface area contributed by atoms with Gasteiger partial charge in [0.05, 0.1) is 13.1 Å². The van der Waals surface area contributed by atoms with Gasteiger partial charge in [-0.2, -0.15) is 0 Å². The topological polar surface area (TPSA) is 28.5 Å². The molecule has 0 fully saturated rings. The summed E-state index contributed by atoms with van der Waals surface area (Å²) in [6.07, 6.45) is 1.78. The fourth-order valence-electron chi connectivity index (χ4n) is 2.56. The molecule has 1 aromatic carbocycles. The molecule has 2 aromatic rings. The number of benzene rings is 1. The van der Waals surface area contributed by atoms with Crippen LogP contribution in [0.2, 0.25) is 10.2 Å². The Balaban J connectivity index is 2.00. The average molecular weight is 366 g/mol. The second kappa shape index (κ2) is 7.12. The number of anilines is 1. The molecule has 3 nitrogen and oxygen atoms in total. The summed E-state index contributed by atoms with van der Waals surface area (Å²) in [7, 11) is 0. The zero-order valence-corrected chi connectivity index (χ0v) is 15.3. The summed E-state index contributed by atoms with van der Waals surface area (Å²) in [4.78, 5) is 11.1. The van der Waals surface area contributed by atoms with Gasteiger partial charge in [-0.3, -0.25) is 4.99 Å². The van der Waals surface area contributed by atoms with Gasteiger partial charge < -0.3 is 4.90 Å². The number of aliphatic imine (C=N–C) groups is 1. The van der Waals surface area contributed by atoms with Crippen molar-refractivity contribution in [1.82, 2.24) is 4.98 Å². The second-order valence-electron chi connectivity index (χ2n) is 5.49. The van der Waals surface area contributed by atoms with Gasteiger partial charge in [0.1, 0.15) is 5.15 Å². The molecule has 0 radical (unpaired) electrons. The van der Waals surface area contributed by atoms with Crippen molar-refractivity contribution in [3.8, 4) is 0 Å². The summed E-state index contributed by atoms with van der Waals surface area (Å²) in [6, 6.07) is 8.00. The van der Waals surface area contributed by atoms with Crippen LogP contribution in [0.5, 0.6) is 0 Å². The molecule has 23 heavy (non-hydrogen) atoms. The first-order chi connectivity index (χ1) is 11.0. The maximum absolute atomic E-state index is 6.29. The van der Waals surface area contributed by atoms with Crippen LogP contribution in [-0.2, 0) is 6.54 Å². The van der Waals surface area contributed by atoms with Crippen LogP contribution in [0.15, 0.2) is 35.5 Å². The number of thioether (sulfide) groups is 1. The monoisotopic (exact) mass is 365 g/mol. The number of aryl methyl sites for hydroxylation is 2. The number of amidine groups is 1. The minimum atomic E-state index is 0.538. The average Bonchev–Trinajstić information content (AvgIpc) is 3.03. The Morgan fingerprint density at radius 2 is 2.04 bits per heavy atom. The van der Waals surface area contributed by atoms with Crippen molar-refractivity contribution in [2.45, 2.75) is 20.4 Å². The standard InChI is InChI=1S/C17H17Cl2N3S/c1-11-7-13(16(19)21-9-11)10-22(17-20-5-6-23-17)15-4-3-14(18)8-12(15)2/h3-4,7-9H,5-6,10H2,1-2H3. The van der Waals surface area contributed by atoms with Gasteiger partial charge in [-0.15, -0.1) is 0 Å². The van der Waals surface area contributed by atoms with Crippen LogP contribution in [0, 0.1) is 13.8 Å². The molecule has 3 rings (SSSR count). The zero-order valence-electron chi connectivity index (χ0n) is 13.0. The van der Waals surface area contributed by atoms with E-state index in [0.29, 0.717) is 11.7 Å². The molecule has 0 unspecified atom stereocenters. The zero-order chi connectivity index (χ0) is 16.4. The molecular weight excluding hydrogens is 349 g/mol. The van der Waals surface area contributed by atoms with Crippen molar-refractivity contribution < 1.29 is 0 Å². The lowest BCUT2D eigenvalue weighted by molar-refractivity contribution is 0.983. The van der Waals surface area contributed by atoms with Crippen molar-refractivity contribution in [2.75, 3.05) is 17.2 Å². The molecule has 120 valence electrons. The lowest BCUT2D eigenvalue weighted by Gasteiger charge is -2.26. The number of hydrogen-bond acceptors (Lipinski definition) is 4. The van der Waals surface area contributed by atoms with E-state index in [2.05, 4.69) is 27.9 Å². The minimum absolute atomic E-state index is 0.538. The second-order valence-corrected chi connectivity index (χ2v) is 7.35. The molecular formula is C17H17Cl2N3S. The smallest absolute Gasteiger partial charge is 0.164 e. The van der Waals surface area contributed by atoms with Crippen LogP contribution >= 0.6 is 35.0 Å². The highest BCUT2D eigenvalue weighted by atomic mass is 35.5. The van der Waals surface area contributed by atoms with Crippen LogP contribution in [0.3, 0.4) is 0 Å². The van der Waals surface area contributed by atoms with E-state index in [-0.39, 0.29) is 0 Å². The maximum atomic E-state index is 6.29. The van der Waals surface area contributed by atoms with E-state index in [1.807, 2.05) is 25.1 Å². The van der Waals surface area contributed by atoms with Gasteiger partial charge in [0.25, 0.3) is 0 Å². The van der Waals surface area contributed by atoms with E-state index < -0.39 is 0 Å².